The average molecular weight is 593 g/mol. The number of hydrazine groups is 1. The van der Waals surface area contributed by atoms with Gasteiger partial charge in [0.1, 0.15) is 5.01 Å². The summed E-state index contributed by atoms with van der Waals surface area (Å²) in [5, 5.41) is 6.68. The minimum absolute atomic E-state index is 0.0237. The van der Waals surface area contributed by atoms with Gasteiger partial charge in [0.25, 0.3) is 5.91 Å². The predicted molar refractivity (Wildman–Crippen MR) is 144 cm³/mol. The first kappa shape index (κ1) is 27.4. The van der Waals surface area contributed by atoms with Crippen LogP contribution in [0.3, 0.4) is 0 Å². The molecule has 0 spiro atoms. The number of fused-ring (bicyclic) bond motifs is 1. The maximum Gasteiger partial charge on any atom is 0.254 e. The van der Waals surface area contributed by atoms with Gasteiger partial charge in [-0.3, -0.25) is 9.35 Å². The van der Waals surface area contributed by atoms with Gasteiger partial charge in [-0.1, -0.05) is 18.2 Å². The molecule has 1 saturated heterocycles. The number of hydrogen-bond acceptors (Lipinski definition) is 11. The molecule has 3 N–H and O–H groups in total. The molecule has 1 amide bonds. The zero-order valence-electron chi connectivity index (χ0n) is 20.6. The molecule has 39 heavy (non-hydrogen) atoms. The van der Waals surface area contributed by atoms with Gasteiger partial charge in [0.2, 0.25) is 23.0 Å². The van der Waals surface area contributed by atoms with E-state index < -0.39 is 26.4 Å². The molecule has 0 radical (unpaired) electrons. The van der Waals surface area contributed by atoms with Crippen LogP contribution in [0, 0.1) is 0 Å². The Labute approximate surface area is 229 Å². The second-order valence-electron chi connectivity index (χ2n) is 8.66. The molecule has 4 aromatic rings. The topological polar surface area (TPSA) is 177 Å². The van der Waals surface area contributed by atoms with E-state index in [0.717, 1.165) is 22.1 Å². The quantitative estimate of drug-likeness (QED) is 0.190. The summed E-state index contributed by atoms with van der Waals surface area (Å²) in [6, 6.07) is 13.0. The lowest BCUT2D eigenvalue weighted by Gasteiger charge is -2.26. The molecule has 0 bridgehead atoms. The molecule has 0 saturated carbocycles. The maximum atomic E-state index is 12.7. The summed E-state index contributed by atoms with van der Waals surface area (Å²) in [5.41, 5.74) is 5.37. The van der Waals surface area contributed by atoms with Gasteiger partial charge in [0.15, 0.2) is 15.1 Å². The SMILES string of the molecule is CS(=O)(=O)C(c1nnc(CNNS(=O)O)o1)c1nc2cc(-c3ccc(C(=O)N4CCOCC4)cc3)ccc2s1. The zero-order valence-corrected chi connectivity index (χ0v) is 23.0. The molecule has 3 heterocycles. The smallest absolute Gasteiger partial charge is 0.254 e. The van der Waals surface area contributed by atoms with Crippen molar-refractivity contribution in [3.63, 3.8) is 0 Å². The van der Waals surface area contributed by atoms with Crippen LogP contribution in [0.5, 0.6) is 0 Å². The number of hydrogen-bond donors (Lipinski definition) is 3. The van der Waals surface area contributed by atoms with Gasteiger partial charge in [0.05, 0.1) is 30.0 Å². The third-order valence-corrected chi connectivity index (χ3v) is 8.78. The van der Waals surface area contributed by atoms with Crippen molar-refractivity contribution < 1.29 is 31.1 Å². The van der Waals surface area contributed by atoms with Gasteiger partial charge in [0, 0.05) is 24.9 Å². The second kappa shape index (κ2) is 11.5. The Morgan fingerprint density at radius 2 is 1.87 bits per heavy atom. The first-order chi connectivity index (χ1) is 18.7. The molecule has 2 unspecified atom stereocenters. The standard InChI is InChI=1S/C23H24N6O7S3/c1-39(33,34)20(21-27-26-19(36-21)13-24-28-38(31)32)22-25-17-12-16(6-7-18(17)37-22)14-2-4-15(5-3-14)23(30)29-8-10-35-11-9-29/h2-7,12,20,24,28H,8-11,13H2,1H3,(H,31,32). The van der Waals surface area contributed by atoms with Gasteiger partial charge < -0.3 is 14.1 Å². The Balaban J connectivity index is 1.38. The van der Waals surface area contributed by atoms with Crippen LogP contribution in [0.15, 0.2) is 46.9 Å². The molecule has 2 aromatic heterocycles. The number of thiazole rings is 1. The predicted octanol–water partition coefficient (Wildman–Crippen LogP) is 1.68. The highest BCUT2D eigenvalue weighted by Crippen LogP contribution is 2.36. The fraction of sp³-hybridized carbons (Fsp3) is 0.304. The Hall–Kier alpha value is -3.12. The molecular formula is C23H24N6O7S3. The van der Waals surface area contributed by atoms with E-state index in [9.17, 15) is 17.4 Å². The minimum Gasteiger partial charge on any atom is -0.422 e. The van der Waals surface area contributed by atoms with Crippen molar-refractivity contribution >= 4 is 48.6 Å². The van der Waals surface area contributed by atoms with Gasteiger partial charge in [-0.05, 0) is 35.4 Å². The molecule has 1 aliphatic rings. The Morgan fingerprint density at radius 1 is 1.15 bits per heavy atom. The number of aromatic nitrogens is 3. The van der Waals surface area contributed by atoms with Crippen LogP contribution in [-0.4, -0.2) is 75.7 Å². The summed E-state index contributed by atoms with van der Waals surface area (Å²) in [6.07, 6.45) is 1.06. The number of nitrogens with zero attached hydrogens (tertiary/aromatic N) is 4. The summed E-state index contributed by atoms with van der Waals surface area (Å²) in [7, 11) is -3.74. The van der Waals surface area contributed by atoms with E-state index in [1.54, 1.807) is 17.0 Å². The van der Waals surface area contributed by atoms with E-state index in [2.05, 4.69) is 25.4 Å². The highest BCUT2D eigenvalue weighted by Gasteiger charge is 2.34. The number of benzene rings is 2. The number of carbonyl (C=O) groups is 1. The highest BCUT2D eigenvalue weighted by atomic mass is 32.2. The number of ether oxygens (including phenoxy) is 1. The average Bonchev–Trinajstić information content (AvgIpc) is 3.54. The van der Waals surface area contributed by atoms with E-state index in [4.69, 9.17) is 13.7 Å². The Bertz CT molecular complexity index is 1610. The second-order valence-corrected chi connectivity index (χ2v) is 12.6. The van der Waals surface area contributed by atoms with Crippen molar-refractivity contribution in [3.05, 3.63) is 64.8 Å². The van der Waals surface area contributed by atoms with Crippen molar-refractivity contribution in [2.45, 2.75) is 11.8 Å². The van der Waals surface area contributed by atoms with E-state index in [0.29, 0.717) is 37.4 Å². The monoisotopic (exact) mass is 592 g/mol. The Kier molecular flexibility index (Phi) is 8.13. The molecular weight excluding hydrogens is 568 g/mol. The van der Waals surface area contributed by atoms with E-state index in [1.165, 1.54) is 11.3 Å². The van der Waals surface area contributed by atoms with Crippen molar-refractivity contribution in [2.75, 3.05) is 32.6 Å². The van der Waals surface area contributed by atoms with E-state index >= 15 is 0 Å². The van der Waals surface area contributed by atoms with Crippen LogP contribution in [0.25, 0.3) is 21.3 Å². The lowest BCUT2D eigenvalue weighted by Crippen LogP contribution is -2.40. The fourth-order valence-corrected chi connectivity index (χ4v) is 6.75. The molecule has 0 aliphatic carbocycles. The van der Waals surface area contributed by atoms with Gasteiger partial charge >= 0.3 is 0 Å². The van der Waals surface area contributed by atoms with Crippen LogP contribution in [0.1, 0.15) is 32.4 Å². The first-order valence-electron chi connectivity index (χ1n) is 11.7. The number of sulfone groups is 1. The number of amides is 1. The maximum absolute atomic E-state index is 12.7. The third kappa shape index (κ3) is 6.38. The summed E-state index contributed by atoms with van der Waals surface area (Å²) in [5.74, 6) is -0.161. The van der Waals surface area contributed by atoms with Gasteiger partial charge in [-0.15, -0.1) is 21.5 Å². The van der Waals surface area contributed by atoms with E-state index in [1.807, 2.05) is 30.3 Å². The van der Waals surface area contributed by atoms with E-state index in [-0.39, 0.29) is 29.2 Å². The molecule has 1 aliphatic heterocycles. The Morgan fingerprint density at radius 3 is 2.56 bits per heavy atom. The first-order valence-corrected chi connectivity index (χ1v) is 15.6. The van der Waals surface area contributed by atoms with Crippen molar-refractivity contribution in [1.82, 2.24) is 30.3 Å². The van der Waals surface area contributed by atoms with Crippen molar-refractivity contribution in [3.8, 4) is 11.1 Å². The van der Waals surface area contributed by atoms with Crippen LogP contribution < -0.4 is 10.3 Å². The molecule has 13 nitrogen and oxygen atoms in total. The molecule has 1 fully saturated rings. The molecule has 16 heteroatoms. The van der Waals surface area contributed by atoms with Gasteiger partial charge in [-0.25, -0.2) is 23.0 Å². The molecule has 2 atom stereocenters. The third-order valence-electron chi connectivity index (χ3n) is 5.93. The van der Waals surface area contributed by atoms with Crippen LogP contribution >= 0.6 is 11.3 Å². The number of morpholine rings is 1. The molecule has 206 valence electrons. The normalized spacial score (nSPS) is 15.9. The number of carbonyl (C=O) groups excluding carboxylic acids is 1. The summed E-state index contributed by atoms with van der Waals surface area (Å²) < 4.78 is 56.5. The molecule has 5 rings (SSSR count). The van der Waals surface area contributed by atoms with Crippen LogP contribution in [-0.2, 0) is 32.4 Å². The zero-order chi connectivity index (χ0) is 27.6. The van der Waals surface area contributed by atoms with Crippen molar-refractivity contribution in [2.24, 2.45) is 0 Å². The summed E-state index contributed by atoms with van der Waals surface area (Å²) in [6.45, 7) is 2.12. The van der Waals surface area contributed by atoms with Gasteiger partial charge in [-0.2, -0.15) is 4.83 Å². The number of rotatable bonds is 9. The number of nitrogens with one attached hydrogen (secondary N) is 2. The van der Waals surface area contributed by atoms with Crippen molar-refractivity contribution in [1.29, 1.82) is 0 Å². The lowest BCUT2D eigenvalue weighted by atomic mass is 10.0. The largest absolute Gasteiger partial charge is 0.422 e. The van der Waals surface area contributed by atoms with Crippen LogP contribution in [0.2, 0.25) is 0 Å². The highest BCUT2D eigenvalue weighted by molar-refractivity contribution is 7.91. The van der Waals surface area contributed by atoms with Crippen LogP contribution in [0.4, 0.5) is 0 Å². The minimum atomic E-state index is -3.74. The lowest BCUT2D eigenvalue weighted by molar-refractivity contribution is 0.0303. The summed E-state index contributed by atoms with van der Waals surface area (Å²) >= 11 is -1.09. The fourth-order valence-electron chi connectivity index (χ4n) is 4.08. The summed E-state index contributed by atoms with van der Waals surface area (Å²) in [4.78, 5) is 21.1. The molecule has 2 aromatic carbocycles.